The van der Waals surface area contributed by atoms with Crippen LogP contribution in [0, 0.1) is 12.8 Å². The summed E-state index contributed by atoms with van der Waals surface area (Å²) in [7, 11) is 0. The molecule has 0 unspecified atom stereocenters. The summed E-state index contributed by atoms with van der Waals surface area (Å²) in [6.07, 6.45) is 3.20. The van der Waals surface area contributed by atoms with Gasteiger partial charge in [-0.1, -0.05) is 0 Å². The van der Waals surface area contributed by atoms with Crippen LogP contribution in [0.5, 0.6) is 5.75 Å². The number of anilines is 3. The Balaban J connectivity index is 2.12. The molecule has 0 saturated heterocycles. The Morgan fingerprint density at radius 1 is 1.15 bits per heavy atom. The van der Waals surface area contributed by atoms with Gasteiger partial charge in [-0.3, -0.25) is 4.79 Å². The maximum Gasteiger partial charge on any atom is 0.314 e. The lowest BCUT2D eigenvalue weighted by Crippen LogP contribution is -2.31. The molecule has 1 fully saturated rings. The van der Waals surface area contributed by atoms with Crippen molar-refractivity contribution in [2.45, 2.75) is 38.6 Å². The molecule has 0 atom stereocenters. The van der Waals surface area contributed by atoms with Crippen LogP contribution in [0.4, 0.5) is 17.1 Å². The van der Waals surface area contributed by atoms with Gasteiger partial charge in [-0.05, 0) is 32.6 Å². The number of hydrogen-bond acceptors (Lipinski definition) is 6. The van der Waals surface area contributed by atoms with Gasteiger partial charge in [0.25, 0.3) is 0 Å². The molecule has 0 spiro atoms. The van der Waals surface area contributed by atoms with E-state index in [1.54, 1.807) is 6.92 Å². The first-order chi connectivity index (χ1) is 9.40. The first kappa shape index (κ1) is 14.5. The van der Waals surface area contributed by atoms with E-state index in [9.17, 15) is 4.79 Å². The van der Waals surface area contributed by atoms with Crippen molar-refractivity contribution in [3.63, 3.8) is 0 Å². The molecule has 8 N–H and O–H groups in total. The van der Waals surface area contributed by atoms with Gasteiger partial charge in [0.2, 0.25) is 0 Å². The molecule has 0 radical (unpaired) electrons. The Morgan fingerprint density at radius 2 is 1.75 bits per heavy atom. The second-order valence-electron chi connectivity index (χ2n) is 5.45. The van der Waals surface area contributed by atoms with E-state index in [4.69, 9.17) is 27.7 Å². The molecule has 0 heterocycles. The molecule has 0 bridgehead atoms. The summed E-state index contributed by atoms with van der Waals surface area (Å²) in [6.45, 7) is 1.75. The molecular weight excluding hydrogens is 256 g/mol. The molecule has 1 aromatic carbocycles. The predicted octanol–water partition coefficient (Wildman–Crippen LogP) is 1.16. The van der Waals surface area contributed by atoms with Crippen LogP contribution >= 0.6 is 0 Å². The summed E-state index contributed by atoms with van der Waals surface area (Å²) in [4.78, 5) is 12.1. The highest BCUT2D eigenvalue weighted by atomic mass is 16.5. The van der Waals surface area contributed by atoms with E-state index >= 15 is 0 Å². The number of esters is 1. The lowest BCUT2D eigenvalue weighted by Gasteiger charge is -2.24. The average molecular weight is 278 g/mol. The van der Waals surface area contributed by atoms with Gasteiger partial charge in [0, 0.05) is 17.7 Å². The van der Waals surface area contributed by atoms with Crippen LogP contribution in [-0.2, 0) is 4.79 Å². The van der Waals surface area contributed by atoms with E-state index in [1.807, 2.05) is 0 Å². The highest BCUT2D eigenvalue weighted by Gasteiger charge is 2.27. The molecule has 1 saturated carbocycles. The van der Waals surface area contributed by atoms with Crippen molar-refractivity contribution in [2.24, 2.45) is 11.7 Å². The summed E-state index contributed by atoms with van der Waals surface area (Å²) in [5, 5.41) is 0. The minimum absolute atomic E-state index is 0.117. The van der Waals surface area contributed by atoms with Gasteiger partial charge in [0.15, 0.2) is 5.75 Å². The predicted molar refractivity (Wildman–Crippen MR) is 80.0 cm³/mol. The maximum atomic E-state index is 12.1. The molecular formula is C14H22N4O2. The zero-order valence-corrected chi connectivity index (χ0v) is 11.7. The Kier molecular flexibility index (Phi) is 4.04. The van der Waals surface area contributed by atoms with E-state index in [1.165, 1.54) is 6.07 Å². The molecule has 110 valence electrons. The van der Waals surface area contributed by atoms with E-state index in [-0.39, 0.29) is 23.7 Å². The Hall–Kier alpha value is -1.95. The molecule has 0 aromatic heterocycles. The van der Waals surface area contributed by atoms with Crippen LogP contribution < -0.4 is 27.7 Å². The summed E-state index contributed by atoms with van der Waals surface area (Å²) >= 11 is 0. The van der Waals surface area contributed by atoms with Crippen molar-refractivity contribution < 1.29 is 9.53 Å². The summed E-state index contributed by atoms with van der Waals surface area (Å²) in [5.74, 6) is -0.102. The number of ether oxygens (including phenoxy) is 1. The monoisotopic (exact) mass is 278 g/mol. The van der Waals surface area contributed by atoms with Crippen molar-refractivity contribution in [1.29, 1.82) is 0 Å². The Morgan fingerprint density at radius 3 is 2.35 bits per heavy atom. The number of carbonyl (C=O) groups is 1. The SMILES string of the molecule is Cc1c(N)c(N)cc(OC(=O)C2CCC(N)CC2)c1N. The van der Waals surface area contributed by atoms with Crippen LogP contribution in [0.3, 0.4) is 0 Å². The fourth-order valence-electron chi connectivity index (χ4n) is 2.47. The van der Waals surface area contributed by atoms with Crippen LogP contribution in [-0.4, -0.2) is 12.0 Å². The lowest BCUT2D eigenvalue weighted by atomic mass is 9.86. The molecule has 0 amide bonds. The fourth-order valence-corrected chi connectivity index (χ4v) is 2.47. The minimum Gasteiger partial charge on any atom is -0.424 e. The summed E-state index contributed by atoms with van der Waals surface area (Å²) in [5.41, 5.74) is 25.1. The van der Waals surface area contributed by atoms with Crippen LogP contribution in [0.1, 0.15) is 31.2 Å². The quantitative estimate of drug-likeness (QED) is 0.365. The van der Waals surface area contributed by atoms with Crippen LogP contribution in [0.15, 0.2) is 6.07 Å². The Labute approximate surface area is 118 Å². The third-order valence-electron chi connectivity index (χ3n) is 3.99. The van der Waals surface area contributed by atoms with Crippen molar-refractivity contribution in [2.75, 3.05) is 17.2 Å². The molecule has 1 aliphatic rings. The van der Waals surface area contributed by atoms with E-state index in [0.717, 1.165) is 25.7 Å². The molecule has 2 rings (SSSR count). The van der Waals surface area contributed by atoms with E-state index in [0.29, 0.717) is 22.6 Å². The van der Waals surface area contributed by atoms with Gasteiger partial charge >= 0.3 is 5.97 Å². The summed E-state index contributed by atoms with van der Waals surface area (Å²) < 4.78 is 5.40. The standard InChI is InChI=1S/C14H22N4O2/c1-7-12(17)10(16)6-11(13(7)18)20-14(19)8-2-4-9(15)5-3-8/h6,8-9H,2-5,15-18H2,1H3. The van der Waals surface area contributed by atoms with Gasteiger partial charge < -0.3 is 27.7 Å². The average Bonchev–Trinajstić information content (AvgIpc) is 2.43. The lowest BCUT2D eigenvalue weighted by molar-refractivity contribution is -0.140. The number of carbonyl (C=O) groups excluding carboxylic acids is 1. The molecule has 6 nitrogen and oxygen atoms in total. The van der Waals surface area contributed by atoms with Gasteiger partial charge in [-0.2, -0.15) is 0 Å². The largest absolute Gasteiger partial charge is 0.424 e. The summed E-state index contributed by atoms with van der Waals surface area (Å²) in [6, 6.07) is 1.70. The first-order valence-electron chi connectivity index (χ1n) is 6.81. The molecule has 6 heteroatoms. The number of hydrogen-bond donors (Lipinski definition) is 4. The second-order valence-corrected chi connectivity index (χ2v) is 5.45. The number of rotatable bonds is 2. The topological polar surface area (TPSA) is 130 Å². The highest BCUT2D eigenvalue weighted by molar-refractivity contribution is 5.83. The zero-order valence-electron chi connectivity index (χ0n) is 11.7. The van der Waals surface area contributed by atoms with E-state index in [2.05, 4.69) is 0 Å². The molecule has 1 aromatic rings. The number of nitrogens with two attached hydrogens (primary N) is 4. The second kappa shape index (κ2) is 5.58. The van der Waals surface area contributed by atoms with Gasteiger partial charge in [-0.15, -0.1) is 0 Å². The van der Waals surface area contributed by atoms with Crippen LogP contribution in [0.2, 0.25) is 0 Å². The molecule has 1 aliphatic carbocycles. The van der Waals surface area contributed by atoms with Gasteiger partial charge in [0.05, 0.1) is 23.0 Å². The zero-order chi connectivity index (χ0) is 14.9. The van der Waals surface area contributed by atoms with Crippen molar-refractivity contribution >= 4 is 23.0 Å². The van der Waals surface area contributed by atoms with Crippen molar-refractivity contribution in [3.05, 3.63) is 11.6 Å². The molecule has 0 aliphatic heterocycles. The van der Waals surface area contributed by atoms with Crippen molar-refractivity contribution in [1.82, 2.24) is 0 Å². The third-order valence-corrected chi connectivity index (χ3v) is 3.99. The fraction of sp³-hybridized carbons (Fsp3) is 0.500. The van der Waals surface area contributed by atoms with E-state index < -0.39 is 0 Å². The maximum absolute atomic E-state index is 12.1. The molecule has 20 heavy (non-hydrogen) atoms. The third kappa shape index (κ3) is 2.80. The normalized spacial score (nSPS) is 22.5. The minimum atomic E-state index is -0.271. The Bertz CT molecular complexity index is 522. The smallest absolute Gasteiger partial charge is 0.314 e. The highest BCUT2D eigenvalue weighted by Crippen LogP contribution is 2.35. The van der Waals surface area contributed by atoms with Crippen LogP contribution in [0.25, 0.3) is 0 Å². The number of nitrogen functional groups attached to an aromatic ring is 3. The van der Waals surface area contributed by atoms with Crippen molar-refractivity contribution in [3.8, 4) is 5.75 Å². The first-order valence-corrected chi connectivity index (χ1v) is 6.81. The number of benzene rings is 1. The van der Waals surface area contributed by atoms with Gasteiger partial charge in [-0.25, -0.2) is 0 Å². The van der Waals surface area contributed by atoms with Gasteiger partial charge in [0.1, 0.15) is 0 Å².